The van der Waals surface area contributed by atoms with Gasteiger partial charge in [0.15, 0.2) is 17.8 Å². The number of aldehydes is 1. The predicted molar refractivity (Wildman–Crippen MR) is 52.5 cm³/mol. The van der Waals surface area contributed by atoms with Gasteiger partial charge in [0.05, 0.1) is 6.04 Å². The summed E-state index contributed by atoms with van der Waals surface area (Å²) in [5.74, 6) is -1.21. The van der Waals surface area contributed by atoms with E-state index in [2.05, 4.69) is 0 Å². The molecule has 1 aromatic carbocycles. The number of Topliss-reactive ketones (excluding diaryl/α,β-unsaturated/α-hetero) is 1. The van der Waals surface area contributed by atoms with E-state index in [4.69, 9.17) is 15.9 Å². The lowest BCUT2D eigenvalue weighted by atomic mass is 10.0. The third-order valence-electron chi connectivity index (χ3n) is 1.98. The van der Waals surface area contributed by atoms with Gasteiger partial charge in [0, 0.05) is 0 Å². The third-order valence-corrected chi connectivity index (χ3v) is 1.98. The fraction of sp³-hybridized carbons (Fsp3) is 0.200. The number of nitrogens with two attached hydrogens (primary N) is 1. The van der Waals surface area contributed by atoms with Crippen LogP contribution in [0.15, 0.2) is 18.2 Å². The van der Waals surface area contributed by atoms with E-state index in [0.29, 0.717) is 5.56 Å². The van der Waals surface area contributed by atoms with Crippen LogP contribution >= 0.6 is 0 Å². The summed E-state index contributed by atoms with van der Waals surface area (Å²) in [6, 6.07) is 3.20. The number of rotatable bonds is 4. The number of hydrogen-bond acceptors (Lipinski definition) is 5. The number of carbonyl (C=O) groups is 2. The maximum Gasteiger partial charge on any atom is 0.212 e. The molecule has 5 nitrogen and oxygen atoms in total. The second-order valence-electron chi connectivity index (χ2n) is 3.15. The molecule has 1 atom stereocenters. The molecule has 0 bridgehead atoms. The van der Waals surface area contributed by atoms with Crippen molar-refractivity contribution in [2.45, 2.75) is 12.5 Å². The van der Waals surface area contributed by atoms with Gasteiger partial charge < -0.3 is 15.9 Å². The molecule has 1 unspecified atom stereocenters. The van der Waals surface area contributed by atoms with Crippen molar-refractivity contribution < 1.29 is 19.8 Å². The van der Waals surface area contributed by atoms with Crippen molar-refractivity contribution in [3.63, 3.8) is 0 Å². The van der Waals surface area contributed by atoms with Crippen LogP contribution in [0.4, 0.5) is 0 Å². The van der Waals surface area contributed by atoms with E-state index in [9.17, 15) is 9.59 Å². The second-order valence-corrected chi connectivity index (χ2v) is 3.15. The number of ketones is 1. The molecule has 0 aromatic heterocycles. The van der Waals surface area contributed by atoms with E-state index in [-0.39, 0.29) is 24.2 Å². The summed E-state index contributed by atoms with van der Waals surface area (Å²) in [6.45, 7) is 0. The van der Waals surface area contributed by atoms with Gasteiger partial charge in [0.1, 0.15) is 0 Å². The summed E-state index contributed by atoms with van der Waals surface area (Å²) in [5, 5.41) is 18.2. The quantitative estimate of drug-likeness (QED) is 0.360. The molecule has 0 aliphatic heterocycles. The molecule has 0 saturated heterocycles. The average Bonchev–Trinajstić information content (AvgIpc) is 2.22. The van der Waals surface area contributed by atoms with Gasteiger partial charge in [-0.2, -0.15) is 0 Å². The Bertz CT molecular complexity index is 389. The van der Waals surface area contributed by atoms with Gasteiger partial charge in [-0.3, -0.25) is 9.59 Å². The Morgan fingerprint density at radius 1 is 1.40 bits per heavy atom. The first-order valence-corrected chi connectivity index (χ1v) is 4.30. The summed E-state index contributed by atoms with van der Waals surface area (Å²) < 4.78 is 0. The SMILES string of the molecule is NC(Cc1ccc(O)c(O)c1)C(=O)C=O. The van der Waals surface area contributed by atoms with Crippen LogP contribution in [0.1, 0.15) is 5.56 Å². The Balaban J connectivity index is 2.77. The van der Waals surface area contributed by atoms with Crippen molar-refractivity contribution in [2.24, 2.45) is 5.73 Å². The van der Waals surface area contributed by atoms with Crippen molar-refractivity contribution in [1.29, 1.82) is 0 Å². The first kappa shape index (κ1) is 11.2. The minimum Gasteiger partial charge on any atom is -0.504 e. The number of phenolic OH excluding ortho intramolecular Hbond substituents is 2. The van der Waals surface area contributed by atoms with Crippen molar-refractivity contribution in [1.82, 2.24) is 0 Å². The van der Waals surface area contributed by atoms with Crippen molar-refractivity contribution >= 4 is 12.1 Å². The van der Waals surface area contributed by atoms with E-state index in [1.165, 1.54) is 18.2 Å². The number of carbonyl (C=O) groups excluding carboxylic acids is 2. The van der Waals surface area contributed by atoms with Crippen LogP contribution in [0.3, 0.4) is 0 Å². The molecule has 0 amide bonds. The zero-order chi connectivity index (χ0) is 11.4. The Hall–Kier alpha value is -1.88. The van der Waals surface area contributed by atoms with Crippen LogP contribution in [-0.4, -0.2) is 28.3 Å². The van der Waals surface area contributed by atoms with Gasteiger partial charge in [-0.15, -0.1) is 0 Å². The fourth-order valence-electron chi connectivity index (χ4n) is 1.14. The minimum atomic E-state index is -0.911. The van der Waals surface area contributed by atoms with Crippen molar-refractivity contribution in [3.8, 4) is 11.5 Å². The first-order chi connectivity index (χ1) is 7.04. The number of aromatic hydroxyl groups is 2. The molecular weight excluding hydrogens is 198 g/mol. The topological polar surface area (TPSA) is 101 Å². The summed E-state index contributed by atoms with van der Waals surface area (Å²) in [5.41, 5.74) is 6.00. The zero-order valence-corrected chi connectivity index (χ0v) is 7.88. The van der Waals surface area contributed by atoms with E-state index in [1.54, 1.807) is 0 Å². The fourth-order valence-corrected chi connectivity index (χ4v) is 1.14. The lowest BCUT2D eigenvalue weighted by Gasteiger charge is -2.07. The normalized spacial score (nSPS) is 12.1. The largest absolute Gasteiger partial charge is 0.504 e. The molecule has 0 saturated carbocycles. The molecular formula is C10H11NO4. The van der Waals surface area contributed by atoms with E-state index in [1.807, 2.05) is 0 Å². The molecule has 0 aliphatic carbocycles. The number of phenols is 2. The highest BCUT2D eigenvalue weighted by Gasteiger charge is 2.13. The van der Waals surface area contributed by atoms with Gasteiger partial charge in [-0.05, 0) is 24.1 Å². The van der Waals surface area contributed by atoms with Gasteiger partial charge >= 0.3 is 0 Å². The molecule has 0 aliphatic rings. The zero-order valence-electron chi connectivity index (χ0n) is 7.88. The number of hydrogen-bond donors (Lipinski definition) is 3. The molecule has 0 heterocycles. The van der Waals surface area contributed by atoms with E-state index in [0.717, 1.165) is 0 Å². The van der Waals surface area contributed by atoms with Crippen LogP contribution in [-0.2, 0) is 16.0 Å². The average molecular weight is 209 g/mol. The molecule has 80 valence electrons. The Labute approximate surface area is 86.1 Å². The molecule has 0 spiro atoms. The Kier molecular flexibility index (Phi) is 3.41. The smallest absolute Gasteiger partial charge is 0.212 e. The van der Waals surface area contributed by atoms with Gasteiger partial charge in [0.2, 0.25) is 5.78 Å². The summed E-state index contributed by atoms with van der Waals surface area (Å²) in [7, 11) is 0. The molecule has 15 heavy (non-hydrogen) atoms. The maximum atomic E-state index is 10.9. The molecule has 1 rings (SSSR count). The number of benzene rings is 1. The van der Waals surface area contributed by atoms with E-state index >= 15 is 0 Å². The summed E-state index contributed by atoms with van der Waals surface area (Å²) in [4.78, 5) is 21.0. The summed E-state index contributed by atoms with van der Waals surface area (Å²) in [6.07, 6.45) is 0.316. The highest BCUT2D eigenvalue weighted by atomic mass is 16.3. The van der Waals surface area contributed by atoms with Crippen molar-refractivity contribution in [2.75, 3.05) is 0 Å². The molecule has 1 aromatic rings. The minimum absolute atomic E-state index is 0.144. The van der Waals surface area contributed by atoms with Gasteiger partial charge in [-0.1, -0.05) is 6.07 Å². The maximum absolute atomic E-state index is 10.9. The predicted octanol–water partition coefficient (Wildman–Crippen LogP) is -0.264. The van der Waals surface area contributed by atoms with Crippen LogP contribution in [0, 0.1) is 0 Å². The Morgan fingerprint density at radius 2 is 2.07 bits per heavy atom. The molecule has 4 N–H and O–H groups in total. The molecule has 0 fully saturated rings. The van der Waals surface area contributed by atoms with Crippen LogP contribution in [0.5, 0.6) is 11.5 Å². The van der Waals surface area contributed by atoms with Crippen molar-refractivity contribution in [3.05, 3.63) is 23.8 Å². The monoisotopic (exact) mass is 209 g/mol. The van der Waals surface area contributed by atoms with E-state index < -0.39 is 11.8 Å². The first-order valence-electron chi connectivity index (χ1n) is 4.30. The highest BCUT2D eigenvalue weighted by Crippen LogP contribution is 2.25. The summed E-state index contributed by atoms with van der Waals surface area (Å²) >= 11 is 0. The van der Waals surface area contributed by atoms with Crippen LogP contribution in [0.25, 0.3) is 0 Å². The van der Waals surface area contributed by atoms with Gasteiger partial charge in [0.25, 0.3) is 0 Å². The molecule has 0 radical (unpaired) electrons. The standard InChI is InChI=1S/C10H11NO4/c11-7(10(15)5-12)3-6-1-2-8(13)9(14)4-6/h1-2,4-5,7,13-14H,3,11H2. The third kappa shape index (κ3) is 2.78. The Morgan fingerprint density at radius 3 is 2.60 bits per heavy atom. The lowest BCUT2D eigenvalue weighted by molar-refractivity contribution is -0.130. The van der Waals surface area contributed by atoms with Gasteiger partial charge in [-0.25, -0.2) is 0 Å². The molecule has 5 heteroatoms. The second kappa shape index (κ2) is 4.56. The van der Waals surface area contributed by atoms with Crippen LogP contribution in [0.2, 0.25) is 0 Å². The van der Waals surface area contributed by atoms with Crippen LogP contribution < -0.4 is 5.73 Å². The lowest BCUT2D eigenvalue weighted by Crippen LogP contribution is -2.33. The highest BCUT2D eigenvalue weighted by molar-refractivity contribution is 6.27.